The first-order valence-electron chi connectivity index (χ1n) is 12.3. The van der Waals surface area contributed by atoms with Gasteiger partial charge >= 0.3 is 0 Å². The number of fused-ring (bicyclic) bond motifs is 2. The van der Waals surface area contributed by atoms with Gasteiger partial charge in [-0.2, -0.15) is 0 Å². The van der Waals surface area contributed by atoms with Gasteiger partial charge in [0.1, 0.15) is 11.5 Å². The lowest BCUT2D eigenvalue weighted by Crippen LogP contribution is -2.30. The zero-order valence-corrected chi connectivity index (χ0v) is 21.3. The van der Waals surface area contributed by atoms with Crippen LogP contribution in [0.15, 0.2) is 72.8 Å². The van der Waals surface area contributed by atoms with Gasteiger partial charge in [0.25, 0.3) is 23.6 Å². The minimum absolute atomic E-state index is 0.00147. The summed E-state index contributed by atoms with van der Waals surface area (Å²) in [6, 6.07) is 17.0. The number of anilines is 2. The van der Waals surface area contributed by atoms with Crippen molar-refractivity contribution in [3.63, 3.8) is 0 Å². The van der Waals surface area contributed by atoms with E-state index in [0.29, 0.717) is 22.5 Å². The van der Waals surface area contributed by atoms with Gasteiger partial charge in [0, 0.05) is 11.1 Å². The highest BCUT2D eigenvalue weighted by atomic mass is 16.3. The number of imide groups is 2. The van der Waals surface area contributed by atoms with Crippen LogP contribution in [0.25, 0.3) is 0 Å². The van der Waals surface area contributed by atoms with E-state index in [2.05, 4.69) is 0 Å². The van der Waals surface area contributed by atoms with Gasteiger partial charge in [-0.1, -0.05) is 12.1 Å². The van der Waals surface area contributed by atoms with Gasteiger partial charge in [0.05, 0.1) is 33.6 Å². The average Bonchev–Trinajstić information content (AvgIpc) is 3.32. The molecule has 0 saturated carbocycles. The van der Waals surface area contributed by atoms with Crippen LogP contribution in [0.5, 0.6) is 11.5 Å². The Kier molecular flexibility index (Phi) is 5.41. The standard InChI is InChI=1S/C31H20N2O7/c1-15-11-19(34)5-9-25(15)32-28(37)21-7-3-17(13-23(21)30(32)39)27(36)18-4-8-22-24(14-18)31(40)33(29(22)38)26-10-6-20(35)12-16(26)2/h3-14,34-35H,1-2H3. The fourth-order valence-electron chi connectivity index (χ4n) is 5.15. The molecule has 4 aromatic carbocycles. The fourth-order valence-corrected chi connectivity index (χ4v) is 5.15. The molecule has 0 saturated heterocycles. The largest absolute Gasteiger partial charge is 0.508 e. The van der Waals surface area contributed by atoms with Gasteiger partial charge in [-0.15, -0.1) is 0 Å². The Morgan fingerprint density at radius 1 is 0.525 bits per heavy atom. The van der Waals surface area contributed by atoms with E-state index in [0.717, 1.165) is 9.80 Å². The van der Waals surface area contributed by atoms with E-state index in [-0.39, 0.29) is 44.9 Å². The number of aromatic hydroxyl groups is 2. The molecule has 0 aromatic heterocycles. The molecule has 9 nitrogen and oxygen atoms in total. The minimum atomic E-state index is -0.599. The second-order valence-electron chi connectivity index (χ2n) is 9.68. The molecule has 4 amide bonds. The highest BCUT2D eigenvalue weighted by molar-refractivity contribution is 6.36. The van der Waals surface area contributed by atoms with E-state index in [1.807, 2.05) is 0 Å². The van der Waals surface area contributed by atoms with Crippen molar-refractivity contribution < 1.29 is 34.2 Å². The number of hydrogen-bond donors (Lipinski definition) is 2. The normalized spacial score (nSPS) is 14.2. The molecule has 0 atom stereocenters. The molecule has 2 aliphatic heterocycles. The Morgan fingerprint density at radius 3 is 1.27 bits per heavy atom. The first-order valence-corrected chi connectivity index (χ1v) is 12.3. The molecule has 6 rings (SSSR count). The highest BCUT2D eigenvalue weighted by Gasteiger charge is 2.39. The second kappa shape index (κ2) is 8.74. The molecular weight excluding hydrogens is 512 g/mol. The van der Waals surface area contributed by atoms with Crippen molar-refractivity contribution in [1.29, 1.82) is 0 Å². The number of benzene rings is 4. The van der Waals surface area contributed by atoms with Gasteiger partial charge in [0.15, 0.2) is 5.78 Å². The summed E-state index contributed by atoms with van der Waals surface area (Å²) in [5.74, 6) is -2.78. The monoisotopic (exact) mass is 532 g/mol. The Balaban J connectivity index is 1.32. The maximum Gasteiger partial charge on any atom is 0.266 e. The van der Waals surface area contributed by atoms with E-state index in [1.54, 1.807) is 13.8 Å². The smallest absolute Gasteiger partial charge is 0.266 e. The molecule has 196 valence electrons. The topological polar surface area (TPSA) is 132 Å². The minimum Gasteiger partial charge on any atom is -0.508 e. The van der Waals surface area contributed by atoms with Crippen molar-refractivity contribution in [3.05, 3.63) is 117 Å². The van der Waals surface area contributed by atoms with E-state index in [4.69, 9.17) is 0 Å². The molecule has 4 aromatic rings. The van der Waals surface area contributed by atoms with Crippen LogP contribution in [0.2, 0.25) is 0 Å². The summed E-state index contributed by atoms with van der Waals surface area (Å²) < 4.78 is 0. The van der Waals surface area contributed by atoms with Crippen molar-refractivity contribution in [3.8, 4) is 11.5 Å². The quantitative estimate of drug-likeness (QED) is 0.291. The van der Waals surface area contributed by atoms with Crippen molar-refractivity contribution in [2.75, 3.05) is 9.80 Å². The number of rotatable bonds is 4. The van der Waals surface area contributed by atoms with Crippen molar-refractivity contribution in [1.82, 2.24) is 0 Å². The summed E-state index contributed by atoms with van der Waals surface area (Å²) in [7, 11) is 0. The number of carbonyl (C=O) groups is 5. The number of hydrogen-bond acceptors (Lipinski definition) is 7. The molecule has 9 heteroatoms. The van der Waals surface area contributed by atoms with E-state index >= 15 is 0 Å². The van der Waals surface area contributed by atoms with Crippen LogP contribution in [0, 0.1) is 13.8 Å². The third kappa shape index (κ3) is 3.59. The third-order valence-electron chi connectivity index (χ3n) is 7.14. The summed E-state index contributed by atoms with van der Waals surface area (Å²) >= 11 is 0. The predicted octanol–water partition coefficient (Wildman–Crippen LogP) is 4.55. The summed E-state index contributed by atoms with van der Waals surface area (Å²) in [5.41, 5.74) is 2.37. The SMILES string of the molecule is Cc1cc(O)ccc1N1C(=O)c2ccc(C(=O)c3ccc4c(c3)C(=O)N(c3ccc(O)cc3C)C4=O)cc2C1=O. The summed E-state index contributed by atoms with van der Waals surface area (Å²) in [4.78, 5) is 68.0. The number of carbonyl (C=O) groups excluding carboxylic acids is 5. The molecule has 0 unspecified atom stereocenters. The molecule has 0 radical (unpaired) electrons. The van der Waals surface area contributed by atoms with Gasteiger partial charge in [0.2, 0.25) is 0 Å². The molecule has 2 aliphatic rings. The summed E-state index contributed by atoms with van der Waals surface area (Å²) in [6.07, 6.45) is 0. The predicted molar refractivity (Wildman–Crippen MR) is 144 cm³/mol. The molecule has 0 spiro atoms. The number of amides is 4. The molecule has 2 heterocycles. The lowest BCUT2D eigenvalue weighted by Gasteiger charge is -2.16. The molecule has 0 fully saturated rings. The van der Waals surface area contributed by atoms with Crippen LogP contribution in [-0.2, 0) is 0 Å². The maximum atomic E-state index is 13.4. The van der Waals surface area contributed by atoms with Gasteiger partial charge < -0.3 is 10.2 Å². The van der Waals surface area contributed by atoms with Crippen LogP contribution < -0.4 is 9.80 Å². The van der Waals surface area contributed by atoms with Crippen LogP contribution >= 0.6 is 0 Å². The highest BCUT2D eigenvalue weighted by Crippen LogP contribution is 2.35. The Bertz CT molecular complexity index is 1720. The zero-order valence-electron chi connectivity index (χ0n) is 21.3. The Morgan fingerprint density at radius 2 is 0.900 bits per heavy atom. The van der Waals surface area contributed by atoms with Crippen LogP contribution in [-0.4, -0.2) is 39.6 Å². The molecule has 0 aliphatic carbocycles. The van der Waals surface area contributed by atoms with Crippen molar-refractivity contribution in [2.45, 2.75) is 13.8 Å². The number of nitrogens with zero attached hydrogens (tertiary/aromatic N) is 2. The lowest BCUT2D eigenvalue weighted by molar-refractivity contribution is 0.0910. The second-order valence-corrected chi connectivity index (χ2v) is 9.68. The molecule has 40 heavy (non-hydrogen) atoms. The Labute approximate surface area is 227 Å². The Hall–Kier alpha value is -5.57. The number of ketones is 1. The third-order valence-corrected chi connectivity index (χ3v) is 7.14. The first kappa shape index (κ1) is 24.7. The van der Waals surface area contributed by atoms with E-state index in [9.17, 15) is 34.2 Å². The zero-order chi connectivity index (χ0) is 28.5. The number of phenols is 2. The van der Waals surface area contributed by atoms with Crippen LogP contribution in [0.4, 0.5) is 11.4 Å². The first-order chi connectivity index (χ1) is 19.1. The van der Waals surface area contributed by atoms with E-state index < -0.39 is 29.4 Å². The van der Waals surface area contributed by atoms with Crippen molar-refractivity contribution in [2.24, 2.45) is 0 Å². The maximum absolute atomic E-state index is 13.4. The molecular formula is C31H20N2O7. The van der Waals surface area contributed by atoms with Crippen LogP contribution in [0.3, 0.4) is 0 Å². The average molecular weight is 533 g/mol. The fraction of sp³-hybridized carbons (Fsp3) is 0.0645. The number of phenolic OH excluding ortho intramolecular Hbond substituents is 2. The number of aryl methyl sites for hydroxylation is 2. The van der Waals surface area contributed by atoms with Gasteiger partial charge in [-0.3, -0.25) is 24.0 Å². The molecule has 0 bridgehead atoms. The van der Waals surface area contributed by atoms with Crippen LogP contribution in [0.1, 0.15) is 68.5 Å². The molecule has 2 N–H and O–H groups in total. The van der Waals surface area contributed by atoms with Crippen molar-refractivity contribution >= 4 is 40.8 Å². The van der Waals surface area contributed by atoms with E-state index in [1.165, 1.54) is 72.8 Å². The summed E-state index contributed by atoms with van der Waals surface area (Å²) in [6.45, 7) is 3.33. The van der Waals surface area contributed by atoms with Gasteiger partial charge in [-0.25, -0.2) is 9.80 Å². The van der Waals surface area contributed by atoms with Gasteiger partial charge in [-0.05, 0) is 85.6 Å². The lowest BCUT2D eigenvalue weighted by atomic mass is 9.96. The summed E-state index contributed by atoms with van der Waals surface area (Å²) in [5, 5.41) is 19.4.